The fourth-order valence-electron chi connectivity index (χ4n) is 1.75. The molecule has 0 bridgehead atoms. The zero-order valence-corrected chi connectivity index (χ0v) is 12.2. The van der Waals surface area contributed by atoms with Crippen LogP contribution in [0.25, 0.3) is 0 Å². The Kier molecular flexibility index (Phi) is 7.30. The van der Waals surface area contributed by atoms with E-state index in [4.69, 9.17) is 15.3 Å². The van der Waals surface area contributed by atoms with Crippen molar-refractivity contribution in [1.29, 1.82) is 0 Å². The molecule has 8 nitrogen and oxygen atoms in total. The average Bonchev–Trinajstić information content (AvgIpc) is 2.52. The van der Waals surface area contributed by atoms with Gasteiger partial charge in [0.15, 0.2) is 6.61 Å². The Bertz CT molecular complexity index is 508. The van der Waals surface area contributed by atoms with Crippen molar-refractivity contribution < 1.29 is 29.3 Å². The van der Waals surface area contributed by atoms with Crippen LogP contribution in [0.3, 0.4) is 0 Å². The molecule has 1 aromatic carbocycles. The first kappa shape index (κ1) is 17.9. The highest BCUT2D eigenvalue weighted by Gasteiger charge is 2.24. The van der Waals surface area contributed by atoms with E-state index in [2.05, 4.69) is 0 Å². The molecule has 0 aliphatic carbocycles. The molecule has 1 rings (SSSR count). The molecule has 0 radical (unpaired) electrons. The number of esters is 1. The molecule has 122 valence electrons. The number of para-hydroxylation sites is 1. The third-order valence-electron chi connectivity index (χ3n) is 2.80. The second-order valence-electron chi connectivity index (χ2n) is 4.42. The van der Waals surface area contributed by atoms with Gasteiger partial charge in [-0.2, -0.15) is 0 Å². The lowest BCUT2D eigenvalue weighted by atomic mass is 10.0. The number of benzene rings is 1. The Labute approximate surface area is 127 Å². The number of nitrogens with one attached hydrogen (secondary N) is 1. The summed E-state index contributed by atoms with van der Waals surface area (Å²) in [5.41, 5.74) is 2.16. The molecule has 1 amide bonds. The normalized spacial score (nSPS) is 13.1. The van der Waals surface area contributed by atoms with Crippen molar-refractivity contribution in [3.05, 3.63) is 29.8 Å². The quantitative estimate of drug-likeness (QED) is 0.218. The number of hydrogen-bond acceptors (Lipinski definition) is 7. The highest BCUT2D eigenvalue weighted by atomic mass is 16.5. The van der Waals surface area contributed by atoms with Crippen LogP contribution in [-0.2, 0) is 14.3 Å². The van der Waals surface area contributed by atoms with Gasteiger partial charge in [0.2, 0.25) is 0 Å². The van der Waals surface area contributed by atoms with Crippen LogP contribution in [0.2, 0.25) is 0 Å². The van der Waals surface area contributed by atoms with Crippen LogP contribution in [0, 0.1) is 0 Å². The molecule has 2 unspecified atom stereocenters. The van der Waals surface area contributed by atoms with Crippen LogP contribution in [0.1, 0.15) is 25.0 Å². The van der Waals surface area contributed by atoms with Crippen LogP contribution in [-0.4, -0.2) is 41.4 Å². The second kappa shape index (κ2) is 8.98. The first-order valence-electron chi connectivity index (χ1n) is 6.72. The van der Waals surface area contributed by atoms with Gasteiger partial charge in [0.25, 0.3) is 5.91 Å². The lowest BCUT2D eigenvalue weighted by Crippen LogP contribution is -2.34. The Hall–Kier alpha value is -2.16. The molecule has 0 fully saturated rings. The highest BCUT2D eigenvalue weighted by molar-refractivity contribution is 5.76. The summed E-state index contributed by atoms with van der Waals surface area (Å²) in [6, 6.07) is 6.32. The van der Waals surface area contributed by atoms with Crippen molar-refractivity contribution in [2.75, 3.05) is 13.2 Å². The van der Waals surface area contributed by atoms with E-state index in [1.54, 1.807) is 19.1 Å². The van der Waals surface area contributed by atoms with Gasteiger partial charge in [0.1, 0.15) is 11.9 Å². The van der Waals surface area contributed by atoms with Gasteiger partial charge >= 0.3 is 5.97 Å². The second-order valence-corrected chi connectivity index (χ2v) is 4.42. The van der Waals surface area contributed by atoms with Crippen molar-refractivity contribution in [3.8, 4) is 5.75 Å². The smallest absolute Gasteiger partial charge is 0.308 e. The van der Waals surface area contributed by atoms with Crippen molar-refractivity contribution >= 4 is 11.9 Å². The maximum atomic E-state index is 11.3. The van der Waals surface area contributed by atoms with Crippen LogP contribution >= 0.6 is 0 Å². The Morgan fingerprint density at radius 1 is 1.32 bits per heavy atom. The van der Waals surface area contributed by atoms with Gasteiger partial charge in [0.05, 0.1) is 19.1 Å². The van der Waals surface area contributed by atoms with Gasteiger partial charge in [-0.3, -0.25) is 15.0 Å². The number of hydrogen-bond donors (Lipinski definition) is 4. The van der Waals surface area contributed by atoms with Crippen molar-refractivity contribution in [1.82, 2.24) is 5.43 Å². The van der Waals surface area contributed by atoms with Crippen LogP contribution in [0.5, 0.6) is 5.75 Å². The fraction of sp³-hybridized carbons (Fsp3) is 0.429. The Morgan fingerprint density at radius 2 is 2.00 bits per heavy atom. The number of aliphatic hydroxyl groups excluding tert-OH is 2. The summed E-state index contributed by atoms with van der Waals surface area (Å²) in [5.74, 6) is 3.99. The minimum absolute atomic E-state index is 0.190. The van der Waals surface area contributed by atoms with Crippen molar-refractivity contribution in [2.45, 2.75) is 25.6 Å². The number of amides is 1. The molecule has 5 N–H and O–H groups in total. The number of ether oxygens (including phenoxy) is 2. The lowest BCUT2D eigenvalue weighted by Gasteiger charge is -2.20. The molecular formula is C14H20N2O6. The summed E-state index contributed by atoms with van der Waals surface area (Å²) in [5, 5.41) is 20.1. The molecule has 8 heteroatoms. The number of hydrazine groups is 1. The SMILES string of the molecule is CCOC(=O)CC(O)C(O)c1ccccc1OCC(=O)NN. The van der Waals surface area contributed by atoms with E-state index in [1.165, 1.54) is 12.1 Å². The first-order chi connectivity index (χ1) is 10.5. The van der Waals surface area contributed by atoms with E-state index in [-0.39, 0.29) is 30.9 Å². The minimum atomic E-state index is -1.36. The number of carbonyl (C=O) groups excluding carboxylic acids is 2. The predicted octanol–water partition coefficient (Wildman–Crippen LogP) is -0.597. The lowest BCUT2D eigenvalue weighted by molar-refractivity contribution is -0.147. The molecular weight excluding hydrogens is 292 g/mol. The fourth-order valence-corrected chi connectivity index (χ4v) is 1.75. The summed E-state index contributed by atoms with van der Waals surface area (Å²) in [6.07, 6.45) is -3.07. The van der Waals surface area contributed by atoms with E-state index in [9.17, 15) is 19.8 Å². The van der Waals surface area contributed by atoms with Crippen LogP contribution in [0.15, 0.2) is 24.3 Å². The number of nitrogens with two attached hydrogens (primary N) is 1. The van der Waals surface area contributed by atoms with E-state index >= 15 is 0 Å². The maximum absolute atomic E-state index is 11.3. The van der Waals surface area contributed by atoms with E-state index in [0.717, 1.165) is 0 Å². The molecule has 0 aliphatic heterocycles. The monoisotopic (exact) mass is 312 g/mol. The minimum Gasteiger partial charge on any atom is -0.483 e. The summed E-state index contributed by atoms with van der Waals surface area (Å²) >= 11 is 0. The third-order valence-corrected chi connectivity index (χ3v) is 2.80. The summed E-state index contributed by atoms with van der Waals surface area (Å²) < 4.78 is 9.95. The van der Waals surface area contributed by atoms with Crippen molar-refractivity contribution in [3.63, 3.8) is 0 Å². The molecule has 2 atom stereocenters. The zero-order chi connectivity index (χ0) is 16.5. The number of rotatable bonds is 8. The molecule has 0 aromatic heterocycles. The Balaban J connectivity index is 2.77. The van der Waals surface area contributed by atoms with E-state index < -0.39 is 24.1 Å². The van der Waals surface area contributed by atoms with Crippen LogP contribution in [0.4, 0.5) is 0 Å². The average molecular weight is 312 g/mol. The Morgan fingerprint density at radius 3 is 2.64 bits per heavy atom. The van der Waals surface area contributed by atoms with E-state index in [0.29, 0.717) is 0 Å². The maximum Gasteiger partial charge on any atom is 0.308 e. The van der Waals surface area contributed by atoms with Gasteiger partial charge in [-0.25, -0.2) is 5.84 Å². The third kappa shape index (κ3) is 5.32. The molecule has 1 aromatic rings. The van der Waals surface area contributed by atoms with Crippen molar-refractivity contribution in [2.24, 2.45) is 5.84 Å². The highest BCUT2D eigenvalue weighted by Crippen LogP contribution is 2.28. The largest absolute Gasteiger partial charge is 0.483 e. The molecule has 0 aliphatic rings. The predicted molar refractivity (Wildman–Crippen MR) is 76.5 cm³/mol. The number of aliphatic hydroxyl groups is 2. The molecule has 0 saturated carbocycles. The zero-order valence-electron chi connectivity index (χ0n) is 12.2. The molecule has 0 spiro atoms. The summed E-state index contributed by atoms with van der Waals surface area (Å²) in [7, 11) is 0. The van der Waals surface area contributed by atoms with E-state index in [1.807, 2.05) is 5.43 Å². The van der Waals surface area contributed by atoms with Gasteiger partial charge in [-0.15, -0.1) is 0 Å². The summed E-state index contributed by atoms with van der Waals surface area (Å²) in [4.78, 5) is 22.4. The molecule has 0 heterocycles. The topological polar surface area (TPSA) is 131 Å². The van der Waals surface area contributed by atoms with Gasteiger partial charge in [-0.1, -0.05) is 18.2 Å². The molecule has 0 saturated heterocycles. The van der Waals surface area contributed by atoms with Gasteiger partial charge in [0, 0.05) is 5.56 Å². The molecule has 22 heavy (non-hydrogen) atoms. The number of carbonyl (C=O) groups is 2. The van der Waals surface area contributed by atoms with Gasteiger partial charge in [-0.05, 0) is 13.0 Å². The van der Waals surface area contributed by atoms with Gasteiger partial charge < -0.3 is 19.7 Å². The first-order valence-corrected chi connectivity index (χ1v) is 6.72. The van der Waals surface area contributed by atoms with Crippen LogP contribution < -0.4 is 16.0 Å². The standard InChI is InChI=1S/C14H20N2O6/c1-2-21-13(19)7-10(17)14(20)9-5-3-4-6-11(9)22-8-12(18)16-15/h3-6,10,14,17,20H,2,7-8,15H2,1H3,(H,16,18). The summed E-state index contributed by atoms with van der Waals surface area (Å²) in [6.45, 7) is 1.50.